The maximum atomic E-state index is 13.0. The maximum Gasteiger partial charge on any atom is 0.264 e. The van der Waals surface area contributed by atoms with E-state index in [0.717, 1.165) is 19.3 Å². The Labute approximate surface area is 165 Å². The van der Waals surface area contributed by atoms with E-state index < -0.39 is 15.4 Å². The minimum absolute atomic E-state index is 0.0753. The van der Waals surface area contributed by atoms with E-state index in [-0.39, 0.29) is 10.8 Å². The van der Waals surface area contributed by atoms with E-state index in [0.29, 0.717) is 24.2 Å². The molecular formula is C21H23N3O3S. The molecule has 2 aromatic rings. The number of hydrogen-bond acceptors (Lipinski definition) is 4. The molecule has 28 heavy (non-hydrogen) atoms. The zero-order chi connectivity index (χ0) is 20.2. The third-order valence-electron chi connectivity index (χ3n) is 5.23. The molecule has 1 aliphatic rings. The second-order valence-electron chi connectivity index (χ2n) is 7.04. The van der Waals surface area contributed by atoms with E-state index in [1.165, 1.54) is 23.5 Å². The van der Waals surface area contributed by atoms with Crippen molar-refractivity contribution in [3.63, 3.8) is 0 Å². The third kappa shape index (κ3) is 3.87. The van der Waals surface area contributed by atoms with Gasteiger partial charge in [-0.3, -0.25) is 9.10 Å². The highest BCUT2D eigenvalue weighted by atomic mass is 32.2. The summed E-state index contributed by atoms with van der Waals surface area (Å²) in [7, 11) is -2.29. The van der Waals surface area contributed by atoms with Gasteiger partial charge in [0.1, 0.15) is 5.41 Å². The van der Waals surface area contributed by atoms with Crippen molar-refractivity contribution in [2.24, 2.45) is 5.41 Å². The van der Waals surface area contributed by atoms with Crippen LogP contribution in [0.25, 0.3) is 0 Å². The Morgan fingerprint density at radius 2 is 1.75 bits per heavy atom. The SMILES string of the molecule is CN(c1ccccc1)S(=O)(=O)c1cccc(NC(=O)C2(C#N)CCCCC2)c1. The zero-order valence-electron chi connectivity index (χ0n) is 15.8. The maximum absolute atomic E-state index is 13.0. The number of amides is 1. The van der Waals surface area contributed by atoms with Crippen molar-refractivity contribution in [1.82, 2.24) is 0 Å². The molecule has 6 nitrogen and oxygen atoms in total. The van der Waals surface area contributed by atoms with Crippen molar-refractivity contribution in [2.45, 2.75) is 37.0 Å². The minimum atomic E-state index is -3.78. The molecule has 2 aromatic carbocycles. The van der Waals surface area contributed by atoms with Crippen LogP contribution in [0.15, 0.2) is 59.5 Å². The molecule has 0 spiro atoms. The summed E-state index contributed by atoms with van der Waals surface area (Å²) in [4.78, 5) is 12.8. The summed E-state index contributed by atoms with van der Waals surface area (Å²) in [6, 6.07) is 17.1. The number of nitriles is 1. The molecule has 0 aliphatic heterocycles. The Balaban J connectivity index is 1.84. The van der Waals surface area contributed by atoms with Gasteiger partial charge in [0, 0.05) is 12.7 Å². The van der Waals surface area contributed by atoms with Crippen LogP contribution in [0.3, 0.4) is 0 Å². The normalized spacial score (nSPS) is 16.0. The van der Waals surface area contributed by atoms with Gasteiger partial charge in [0.05, 0.1) is 16.7 Å². The number of sulfonamides is 1. The van der Waals surface area contributed by atoms with Crippen molar-refractivity contribution in [3.05, 3.63) is 54.6 Å². The van der Waals surface area contributed by atoms with Crippen LogP contribution in [0.2, 0.25) is 0 Å². The van der Waals surface area contributed by atoms with Gasteiger partial charge in [0.25, 0.3) is 10.0 Å². The van der Waals surface area contributed by atoms with Crippen molar-refractivity contribution < 1.29 is 13.2 Å². The minimum Gasteiger partial charge on any atom is -0.325 e. The summed E-state index contributed by atoms with van der Waals surface area (Å²) >= 11 is 0. The van der Waals surface area contributed by atoms with Crippen molar-refractivity contribution in [3.8, 4) is 6.07 Å². The lowest BCUT2D eigenvalue weighted by molar-refractivity contribution is -0.124. The molecule has 1 aliphatic carbocycles. The fourth-order valence-electron chi connectivity index (χ4n) is 3.46. The first-order valence-electron chi connectivity index (χ1n) is 9.26. The predicted octanol–water partition coefficient (Wildman–Crippen LogP) is 3.92. The fraction of sp³-hybridized carbons (Fsp3) is 0.333. The van der Waals surface area contributed by atoms with E-state index in [9.17, 15) is 18.5 Å². The molecule has 1 fully saturated rings. The van der Waals surface area contributed by atoms with Gasteiger partial charge in [-0.1, -0.05) is 43.5 Å². The zero-order valence-corrected chi connectivity index (χ0v) is 16.6. The van der Waals surface area contributed by atoms with E-state index in [1.54, 1.807) is 36.4 Å². The standard InChI is InChI=1S/C21H23N3O3S/c1-24(18-10-4-2-5-11-18)28(26,27)19-12-8-9-17(15-19)23-20(25)21(16-22)13-6-3-7-14-21/h2,4-5,8-12,15H,3,6-7,13-14H2,1H3,(H,23,25). The highest BCUT2D eigenvalue weighted by molar-refractivity contribution is 7.92. The average Bonchev–Trinajstić information content (AvgIpc) is 2.74. The number of rotatable bonds is 5. The quantitative estimate of drug-likeness (QED) is 0.828. The lowest BCUT2D eigenvalue weighted by atomic mass is 9.74. The van der Waals surface area contributed by atoms with E-state index in [1.807, 2.05) is 6.07 Å². The van der Waals surface area contributed by atoms with Crippen LogP contribution in [-0.2, 0) is 14.8 Å². The number of nitrogens with zero attached hydrogens (tertiary/aromatic N) is 2. The molecule has 1 saturated carbocycles. The highest BCUT2D eigenvalue weighted by Crippen LogP contribution is 2.37. The molecule has 0 bridgehead atoms. The number of para-hydroxylation sites is 1. The average molecular weight is 398 g/mol. The van der Waals surface area contributed by atoms with Gasteiger partial charge in [-0.05, 0) is 43.2 Å². The molecule has 0 unspecified atom stereocenters. The molecular weight excluding hydrogens is 374 g/mol. The second kappa shape index (κ2) is 8.03. The molecule has 7 heteroatoms. The van der Waals surface area contributed by atoms with Gasteiger partial charge < -0.3 is 5.32 Å². The first kappa shape index (κ1) is 19.9. The van der Waals surface area contributed by atoms with Crippen LogP contribution < -0.4 is 9.62 Å². The topological polar surface area (TPSA) is 90.3 Å². The molecule has 0 saturated heterocycles. The summed E-state index contributed by atoms with van der Waals surface area (Å²) in [5.41, 5.74) is -0.121. The van der Waals surface area contributed by atoms with Crippen LogP contribution in [0.5, 0.6) is 0 Å². The Kier molecular flexibility index (Phi) is 5.71. The monoisotopic (exact) mass is 397 g/mol. The molecule has 1 amide bonds. The third-order valence-corrected chi connectivity index (χ3v) is 7.01. The van der Waals surface area contributed by atoms with Crippen molar-refractivity contribution >= 4 is 27.3 Å². The van der Waals surface area contributed by atoms with Crippen LogP contribution >= 0.6 is 0 Å². The summed E-state index contributed by atoms with van der Waals surface area (Å²) in [6.45, 7) is 0. The van der Waals surface area contributed by atoms with E-state index >= 15 is 0 Å². The highest BCUT2D eigenvalue weighted by Gasteiger charge is 2.39. The first-order chi connectivity index (χ1) is 13.4. The summed E-state index contributed by atoms with van der Waals surface area (Å²) < 4.78 is 27.1. The van der Waals surface area contributed by atoms with Gasteiger partial charge in [-0.15, -0.1) is 0 Å². The Bertz CT molecular complexity index is 991. The molecule has 0 atom stereocenters. The van der Waals surface area contributed by atoms with Crippen LogP contribution in [-0.4, -0.2) is 21.4 Å². The molecule has 0 aromatic heterocycles. The van der Waals surface area contributed by atoms with Crippen molar-refractivity contribution in [1.29, 1.82) is 5.26 Å². The number of nitrogens with one attached hydrogen (secondary N) is 1. The second-order valence-corrected chi connectivity index (χ2v) is 9.01. The smallest absolute Gasteiger partial charge is 0.264 e. The first-order valence-corrected chi connectivity index (χ1v) is 10.7. The predicted molar refractivity (Wildman–Crippen MR) is 108 cm³/mol. The van der Waals surface area contributed by atoms with Crippen molar-refractivity contribution in [2.75, 3.05) is 16.7 Å². The number of anilines is 2. The van der Waals surface area contributed by atoms with E-state index in [4.69, 9.17) is 0 Å². The summed E-state index contributed by atoms with van der Waals surface area (Å²) in [5.74, 6) is -0.360. The molecule has 146 valence electrons. The number of carbonyl (C=O) groups is 1. The van der Waals surface area contributed by atoms with E-state index in [2.05, 4.69) is 11.4 Å². The molecule has 0 heterocycles. The molecule has 3 rings (SSSR count). The summed E-state index contributed by atoms with van der Waals surface area (Å²) in [6.07, 6.45) is 3.78. The van der Waals surface area contributed by atoms with Gasteiger partial charge >= 0.3 is 0 Å². The van der Waals surface area contributed by atoms with Gasteiger partial charge in [-0.25, -0.2) is 8.42 Å². The summed E-state index contributed by atoms with van der Waals surface area (Å²) in [5, 5.41) is 12.3. The van der Waals surface area contributed by atoms with Gasteiger partial charge in [0.2, 0.25) is 5.91 Å². The Hall–Kier alpha value is -2.85. The lowest BCUT2D eigenvalue weighted by Crippen LogP contribution is -2.36. The Morgan fingerprint density at radius 1 is 1.07 bits per heavy atom. The van der Waals surface area contributed by atoms with Crippen LogP contribution in [0.1, 0.15) is 32.1 Å². The lowest BCUT2D eigenvalue weighted by Gasteiger charge is -2.29. The van der Waals surface area contributed by atoms with Crippen LogP contribution in [0.4, 0.5) is 11.4 Å². The molecule has 1 N–H and O–H groups in total. The fourth-order valence-corrected chi connectivity index (χ4v) is 4.71. The van der Waals surface area contributed by atoms with Gasteiger partial charge in [-0.2, -0.15) is 5.26 Å². The molecule has 0 radical (unpaired) electrons. The largest absolute Gasteiger partial charge is 0.325 e. The number of hydrogen-bond donors (Lipinski definition) is 1. The number of carbonyl (C=O) groups excluding carboxylic acids is 1. The number of benzene rings is 2. The van der Waals surface area contributed by atoms with Gasteiger partial charge in [0.15, 0.2) is 0 Å². The van der Waals surface area contributed by atoms with Crippen LogP contribution in [0, 0.1) is 16.7 Å². The Morgan fingerprint density at radius 3 is 2.39 bits per heavy atom.